The Morgan fingerprint density at radius 3 is 0.825 bits per heavy atom. The van der Waals surface area contributed by atoms with Crippen molar-refractivity contribution < 1.29 is 28.6 Å². The number of ether oxygens (including phenoxy) is 3. The second-order valence-electron chi connectivity index (χ2n) is 19.8. The van der Waals surface area contributed by atoms with Gasteiger partial charge in [-0.3, -0.25) is 14.4 Å². The lowest BCUT2D eigenvalue weighted by Gasteiger charge is -2.18. The maximum atomic E-state index is 12.8. The Morgan fingerprint density at radius 2 is 0.556 bits per heavy atom. The van der Waals surface area contributed by atoms with E-state index in [0.29, 0.717) is 19.3 Å². The molecule has 0 aliphatic heterocycles. The maximum absolute atomic E-state index is 12.8. The summed E-state index contributed by atoms with van der Waals surface area (Å²) in [5, 5.41) is 0. The summed E-state index contributed by atoms with van der Waals surface area (Å²) in [6, 6.07) is 0. The lowest BCUT2D eigenvalue weighted by atomic mass is 9.99. The largest absolute Gasteiger partial charge is 0.462 e. The fourth-order valence-corrected chi connectivity index (χ4v) is 8.72. The highest BCUT2D eigenvalue weighted by molar-refractivity contribution is 5.71. The van der Waals surface area contributed by atoms with Crippen molar-refractivity contribution >= 4 is 17.9 Å². The lowest BCUT2D eigenvalue weighted by Crippen LogP contribution is -2.30. The van der Waals surface area contributed by atoms with Crippen LogP contribution in [0.2, 0.25) is 0 Å². The quantitative estimate of drug-likeness (QED) is 0.0344. The molecule has 0 spiro atoms. The predicted octanol–water partition coefficient (Wildman–Crippen LogP) is 18.6. The molecule has 0 saturated carbocycles. The minimum atomic E-state index is -0.762. The molecule has 0 saturated heterocycles. The summed E-state index contributed by atoms with van der Waals surface area (Å²) in [6.45, 7) is 9.08. The molecule has 374 valence electrons. The van der Waals surface area contributed by atoms with Crippen LogP contribution in [0.5, 0.6) is 0 Å². The van der Waals surface area contributed by atoms with Gasteiger partial charge >= 0.3 is 17.9 Å². The van der Waals surface area contributed by atoms with Crippen LogP contribution in [0.25, 0.3) is 0 Å². The van der Waals surface area contributed by atoms with Gasteiger partial charge in [-0.2, -0.15) is 0 Å². The number of carbonyl (C=O) groups excluding carboxylic acids is 3. The van der Waals surface area contributed by atoms with Crippen molar-refractivity contribution in [2.75, 3.05) is 13.2 Å². The van der Waals surface area contributed by atoms with Gasteiger partial charge in [-0.25, -0.2) is 0 Å². The van der Waals surface area contributed by atoms with E-state index in [0.717, 1.165) is 63.7 Å². The van der Waals surface area contributed by atoms with Gasteiger partial charge in [0.15, 0.2) is 6.10 Å². The standard InChI is InChI=1S/C57H110O6/c1-5-8-10-12-14-16-18-20-22-24-26-28-34-38-42-46-50-57(60)63-54(52-62-56(59)49-45-41-37-33-30-29-31-35-39-43-47-53(4)7-3)51-61-55(58)48-44-40-36-32-27-25-23-21-19-17-15-13-11-9-6-2/h53-54H,5-52H2,1-4H3/t53?,54-/m1/s1. The fraction of sp³-hybridized carbons (Fsp3) is 0.947. The van der Waals surface area contributed by atoms with Gasteiger partial charge in [0.1, 0.15) is 13.2 Å². The first kappa shape index (κ1) is 61.4. The van der Waals surface area contributed by atoms with Crippen LogP contribution in [0.15, 0.2) is 0 Å². The van der Waals surface area contributed by atoms with E-state index in [2.05, 4.69) is 27.7 Å². The first-order valence-corrected chi connectivity index (χ1v) is 28.4. The summed E-state index contributed by atoms with van der Waals surface area (Å²) < 4.78 is 16.9. The highest BCUT2D eigenvalue weighted by Gasteiger charge is 2.19. The normalized spacial score (nSPS) is 12.4. The second-order valence-corrected chi connectivity index (χ2v) is 19.8. The minimum Gasteiger partial charge on any atom is -0.462 e. The third-order valence-corrected chi connectivity index (χ3v) is 13.4. The first-order valence-electron chi connectivity index (χ1n) is 28.4. The number of hydrogen-bond acceptors (Lipinski definition) is 6. The molecule has 6 heteroatoms. The van der Waals surface area contributed by atoms with E-state index in [4.69, 9.17) is 14.2 Å². The van der Waals surface area contributed by atoms with E-state index < -0.39 is 6.10 Å². The molecule has 0 aromatic rings. The average molecular weight is 892 g/mol. The van der Waals surface area contributed by atoms with E-state index >= 15 is 0 Å². The molecule has 6 nitrogen and oxygen atoms in total. The Hall–Kier alpha value is -1.59. The van der Waals surface area contributed by atoms with Crippen LogP contribution < -0.4 is 0 Å². The summed E-state index contributed by atoms with van der Waals surface area (Å²) in [5.74, 6) is 0.0328. The number of unbranched alkanes of at least 4 members (excludes halogenated alkanes) is 38. The van der Waals surface area contributed by atoms with Crippen molar-refractivity contribution in [3.8, 4) is 0 Å². The van der Waals surface area contributed by atoms with Crippen molar-refractivity contribution in [2.45, 2.75) is 329 Å². The van der Waals surface area contributed by atoms with Gasteiger partial charge in [0.2, 0.25) is 0 Å². The zero-order chi connectivity index (χ0) is 45.9. The van der Waals surface area contributed by atoms with Crippen LogP contribution in [0.3, 0.4) is 0 Å². The Morgan fingerprint density at radius 1 is 0.317 bits per heavy atom. The molecular weight excluding hydrogens is 781 g/mol. The zero-order valence-electron chi connectivity index (χ0n) is 43.0. The average Bonchev–Trinajstić information content (AvgIpc) is 3.28. The first-order chi connectivity index (χ1) is 30.9. The molecule has 0 aliphatic carbocycles. The second kappa shape index (κ2) is 51.4. The lowest BCUT2D eigenvalue weighted by molar-refractivity contribution is -0.167. The predicted molar refractivity (Wildman–Crippen MR) is 270 cm³/mol. The molecule has 0 fully saturated rings. The van der Waals surface area contributed by atoms with Crippen molar-refractivity contribution in [3.63, 3.8) is 0 Å². The van der Waals surface area contributed by atoms with E-state index in [9.17, 15) is 14.4 Å². The van der Waals surface area contributed by atoms with Crippen LogP contribution >= 0.6 is 0 Å². The zero-order valence-corrected chi connectivity index (χ0v) is 43.0. The number of hydrogen-bond donors (Lipinski definition) is 0. The monoisotopic (exact) mass is 891 g/mol. The van der Waals surface area contributed by atoms with E-state index in [1.54, 1.807) is 0 Å². The van der Waals surface area contributed by atoms with E-state index in [1.165, 1.54) is 218 Å². The van der Waals surface area contributed by atoms with Crippen LogP contribution in [-0.4, -0.2) is 37.2 Å². The highest BCUT2D eigenvalue weighted by Crippen LogP contribution is 2.18. The van der Waals surface area contributed by atoms with Gasteiger partial charge in [0.05, 0.1) is 0 Å². The Balaban J connectivity index is 4.31. The van der Waals surface area contributed by atoms with Gasteiger partial charge in [0.25, 0.3) is 0 Å². The van der Waals surface area contributed by atoms with Crippen molar-refractivity contribution in [1.29, 1.82) is 0 Å². The third-order valence-electron chi connectivity index (χ3n) is 13.4. The van der Waals surface area contributed by atoms with E-state index in [1.807, 2.05) is 0 Å². The number of carbonyl (C=O) groups is 3. The molecule has 0 radical (unpaired) electrons. The summed E-state index contributed by atoms with van der Waals surface area (Å²) in [6.07, 6.45) is 55.1. The van der Waals surface area contributed by atoms with Gasteiger partial charge < -0.3 is 14.2 Å². The molecule has 0 aliphatic rings. The molecule has 0 aromatic carbocycles. The molecular formula is C57H110O6. The van der Waals surface area contributed by atoms with Crippen molar-refractivity contribution in [2.24, 2.45) is 5.92 Å². The van der Waals surface area contributed by atoms with Gasteiger partial charge in [-0.15, -0.1) is 0 Å². The molecule has 2 atom stereocenters. The summed E-state index contributed by atoms with van der Waals surface area (Å²) in [4.78, 5) is 38.1. The molecule has 0 heterocycles. The molecule has 0 amide bonds. The molecule has 0 N–H and O–H groups in total. The molecule has 0 bridgehead atoms. The number of esters is 3. The maximum Gasteiger partial charge on any atom is 0.306 e. The van der Waals surface area contributed by atoms with Crippen LogP contribution in [0.1, 0.15) is 323 Å². The van der Waals surface area contributed by atoms with Crippen molar-refractivity contribution in [3.05, 3.63) is 0 Å². The molecule has 0 aromatic heterocycles. The minimum absolute atomic E-state index is 0.0621. The number of rotatable bonds is 52. The summed E-state index contributed by atoms with van der Waals surface area (Å²) >= 11 is 0. The van der Waals surface area contributed by atoms with Crippen molar-refractivity contribution in [1.82, 2.24) is 0 Å². The van der Waals surface area contributed by atoms with Gasteiger partial charge in [0, 0.05) is 19.3 Å². The van der Waals surface area contributed by atoms with Gasteiger partial charge in [-0.1, -0.05) is 285 Å². The third kappa shape index (κ3) is 49.7. The fourth-order valence-electron chi connectivity index (χ4n) is 8.72. The smallest absolute Gasteiger partial charge is 0.306 e. The Labute approximate surface area is 393 Å². The Kier molecular flexibility index (Phi) is 50.1. The molecule has 1 unspecified atom stereocenters. The van der Waals surface area contributed by atoms with Gasteiger partial charge in [-0.05, 0) is 25.2 Å². The Bertz CT molecular complexity index is 951. The summed E-state index contributed by atoms with van der Waals surface area (Å²) in [5.41, 5.74) is 0. The van der Waals surface area contributed by atoms with Crippen LogP contribution in [0.4, 0.5) is 0 Å². The molecule has 0 rings (SSSR count). The van der Waals surface area contributed by atoms with Crippen LogP contribution in [0, 0.1) is 5.92 Å². The topological polar surface area (TPSA) is 78.9 Å². The molecule has 63 heavy (non-hydrogen) atoms. The van der Waals surface area contributed by atoms with E-state index in [-0.39, 0.29) is 31.1 Å². The summed E-state index contributed by atoms with van der Waals surface area (Å²) in [7, 11) is 0. The SMILES string of the molecule is CCCCCCCCCCCCCCCCCCC(=O)O[C@H](COC(=O)CCCCCCCCCCCCCCCCC)COC(=O)CCCCCCCCCCCCC(C)CC. The van der Waals surface area contributed by atoms with Crippen LogP contribution in [-0.2, 0) is 28.6 Å². The highest BCUT2D eigenvalue weighted by atomic mass is 16.6.